The summed E-state index contributed by atoms with van der Waals surface area (Å²) in [4.78, 5) is 34.5. The molecule has 0 radical (unpaired) electrons. The van der Waals surface area contributed by atoms with Crippen molar-refractivity contribution in [2.45, 2.75) is 72.9 Å². The Bertz CT molecular complexity index is 1050. The van der Waals surface area contributed by atoms with Crippen LogP contribution in [0, 0.1) is 13.8 Å². The average molecular weight is 368 g/mol. The predicted octanol–water partition coefficient (Wildman–Crippen LogP) is 3.67. The Morgan fingerprint density at radius 1 is 0.852 bits per heavy atom. The summed E-state index contributed by atoms with van der Waals surface area (Å²) in [5.74, 6) is 0.404. The van der Waals surface area contributed by atoms with Crippen LogP contribution in [-0.2, 0) is 13.1 Å². The largest absolute Gasteiger partial charge is 0.352 e. The van der Waals surface area contributed by atoms with Gasteiger partial charge in [-0.05, 0) is 49.9 Å². The smallest absolute Gasteiger partial charge is 0.322 e. The summed E-state index contributed by atoms with van der Waals surface area (Å²) in [6.45, 7) is 9.42. The minimum Gasteiger partial charge on any atom is -0.322 e. The Balaban J connectivity index is 2.30. The van der Waals surface area contributed by atoms with Gasteiger partial charge in [0.15, 0.2) is 11.5 Å². The van der Waals surface area contributed by atoms with Gasteiger partial charge in [0, 0.05) is 13.1 Å². The molecule has 6 nitrogen and oxygen atoms in total. The Morgan fingerprint density at radius 2 is 1.52 bits per heavy atom. The third-order valence-corrected chi connectivity index (χ3v) is 5.18. The van der Waals surface area contributed by atoms with Gasteiger partial charge in [-0.25, -0.2) is 9.78 Å². The molecule has 0 aromatic heterocycles. The lowest BCUT2D eigenvalue weighted by Crippen LogP contribution is -2.38. The van der Waals surface area contributed by atoms with E-state index in [0.717, 1.165) is 54.3 Å². The highest BCUT2D eigenvalue weighted by molar-refractivity contribution is 5.81. The Labute approximate surface area is 159 Å². The van der Waals surface area contributed by atoms with Crippen LogP contribution in [0.15, 0.2) is 21.7 Å². The Kier molecular flexibility index (Phi) is 5.73. The summed E-state index contributed by atoms with van der Waals surface area (Å²) in [5.41, 5.74) is 3.48. The van der Waals surface area contributed by atoms with E-state index in [1.165, 1.54) is 4.57 Å². The van der Waals surface area contributed by atoms with Crippen molar-refractivity contribution in [1.82, 2.24) is 19.1 Å². The second-order valence-corrected chi connectivity index (χ2v) is 7.27. The molecule has 0 aliphatic carbocycles. The summed E-state index contributed by atoms with van der Waals surface area (Å²) < 4.78 is 3.23. The van der Waals surface area contributed by atoms with E-state index in [4.69, 9.17) is 0 Å². The van der Waals surface area contributed by atoms with Crippen molar-refractivity contribution in [1.29, 1.82) is 0 Å². The molecule has 0 fully saturated rings. The number of nitrogens with zero attached hydrogens (tertiary/aromatic N) is 4. The number of hydrogen-bond acceptors (Lipinski definition) is 4. The first kappa shape index (κ1) is 19.3. The normalized spacial score (nSPS) is 11.6. The number of fused-ring (bicyclic) bond motifs is 2. The fourth-order valence-electron chi connectivity index (χ4n) is 3.39. The maximum absolute atomic E-state index is 13.0. The standard InChI is InChI=1S/C21H28N4O2/c1-5-7-9-11-25-20(26)18-19(23-21(25)27)24(10-8-6-2)17-13-15(4)14(3)12-16(17)22-18/h12-13H,5-11H2,1-4H3. The van der Waals surface area contributed by atoms with Gasteiger partial charge >= 0.3 is 5.69 Å². The van der Waals surface area contributed by atoms with Gasteiger partial charge in [0.25, 0.3) is 5.56 Å². The van der Waals surface area contributed by atoms with Gasteiger partial charge in [0.05, 0.1) is 11.0 Å². The van der Waals surface area contributed by atoms with Gasteiger partial charge in [0.2, 0.25) is 0 Å². The first-order valence-corrected chi connectivity index (χ1v) is 9.90. The number of aromatic nitrogens is 4. The summed E-state index contributed by atoms with van der Waals surface area (Å²) in [7, 11) is 0. The molecule has 2 aliphatic heterocycles. The fraction of sp³-hybridized carbons (Fsp3) is 0.524. The van der Waals surface area contributed by atoms with Crippen LogP contribution in [-0.4, -0.2) is 19.1 Å². The quantitative estimate of drug-likeness (QED) is 0.471. The van der Waals surface area contributed by atoms with Crippen molar-refractivity contribution >= 4 is 11.0 Å². The minimum atomic E-state index is -0.473. The van der Waals surface area contributed by atoms with Crippen LogP contribution in [0.1, 0.15) is 57.1 Å². The van der Waals surface area contributed by atoms with Crippen molar-refractivity contribution in [3.05, 3.63) is 44.1 Å². The molecular formula is C21H28N4O2. The SMILES string of the molecule is CCCCCn1c(=O)nc2n(CCCC)c3cc(C)c(C)cc3nc-2c1=O. The van der Waals surface area contributed by atoms with Crippen LogP contribution in [0.4, 0.5) is 0 Å². The molecule has 0 N–H and O–H groups in total. The number of rotatable bonds is 7. The topological polar surface area (TPSA) is 69.8 Å². The third kappa shape index (κ3) is 3.66. The summed E-state index contributed by atoms with van der Waals surface area (Å²) in [6, 6.07) is 4.09. The van der Waals surface area contributed by atoms with Gasteiger partial charge in [-0.3, -0.25) is 9.36 Å². The Morgan fingerprint density at radius 3 is 2.22 bits per heavy atom. The van der Waals surface area contributed by atoms with E-state index < -0.39 is 5.69 Å². The van der Waals surface area contributed by atoms with Crippen LogP contribution >= 0.6 is 0 Å². The zero-order chi connectivity index (χ0) is 19.6. The van der Waals surface area contributed by atoms with Gasteiger partial charge in [0.1, 0.15) is 0 Å². The number of aryl methyl sites for hydroxylation is 3. The molecule has 6 heteroatoms. The molecular weight excluding hydrogens is 340 g/mol. The van der Waals surface area contributed by atoms with E-state index in [1.807, 2.05) is 17.6 Å². The molecule has 0 bridgehead atoms. The maximum atomic E-state index is 13.0. The summed E-state index contributed by atoms with van der Waals surface area (Å²) >= 11 is 0. The highest BCUT2D eigenvalue weighted by atomic mass is 16.2. The van der Waals surface area contributed by atoms with E-state index in [2.05, 4.69) is 36.8 Å². The van der Waals surface area contributed by atoms with Gasteiger partial charge in [-0.1, -0.05) is 33.1 Å². The molecule has 3 rings (SSSR count). The van der Waals surface area contributed by atoms with Gasteiger partial charge < -0.3 is 4.57 Å². The molecule has 0 saturated heterocycles. The molecule has 0 amide bonds. The number of benzene rings is 1. The second kappa shape index (κ2) is 8.03. The van der Waals surface area contributed by atoms with Crippen molar-refractivity contribution in [3.8, 4) is 11.5 Å². The first-order valence-electron chi connectivity index (χ1n) is 9.90. The average Bonchev–Trinajstić information content (AvgIpc) is 2.64. The van der Waals surface area contributed by atoms with E-state index in [-0.39, 0.29) is 11.3 Å². The first-order chi connectivity index (χ1) is 13.0. The van der Waals surface area contributed by atoms with Crippen LogP contribution in [0.25, 0.3) is 22.6 Å². The monoisotopic (exact) mass is 368 g/mol. The van der Waals surface area contributed by atoms with Crippen molar-refractivity contribution in [2.75, 3.05) is 0 Å². The second-order valence-electron chi connectivity index (χ2n) is 7.27. The summed E-state index contributed by atoms with van der Waals surface area (Å²) in [6.07, 6.45) is 4.76. The van der Waals surface area contributed by atoms with Crippen LogP contribution in [0.5, 0.6) is 0 Å². The molecule has 1 aromatic carbocycles. The van der Waals surface area contributed by atoms with Crippen molar-refractivity contribution in [3.63, 3.8) is 0 Å². The lowest BCUT2D eigenvalue weighted by atomic mass is 10.1. The Hall–Kier alpha value is -2.50. The third-order valence-electron chi connectivity index (χ3n) is 5.18. The highest BCUT2D eigenvalue weighted by Gasteiger charge is 2.21. The molecule has 1 aromatic rings. The molecule has 0 saturated carbocycles. The molecule has 2 aliphatic rings. The molecule has 2 heterocycles. The molecule has 27 heavy (non-hydrogen) atoms. The maximum Gasteiger partial charge on any atom is 0.352 e. The van der Waals surface area contributed by atoms with E-state index in [0.29, 0.717) is 18.9 Å². The highest BCUT2D eigenvalue weighted by Crippen LogP contribution is 2.24. The van der Waals surface area contributed by atoms with Gasteiger partial charge in [-0.2, -0.15) is 4.98 Å². The molecule has 144 valence electrons. The lowest BCUT2D eigenvalue weighted by Gasteiger charge is -2.18. The zero-order valence-electron chi connectivity index (χ0n) is 16.7. The summed E-state index contributed by atoms with van der Waals surface area (Å²) in [5, 5.41) is 0. The molecule has 0 atom stereocenters. The van der Waals surface area contributed by atoms with Crippen LogP contribution in [0.2, 0.25) is 0 Å². The zero-order valence-corrected chi connectivity index (χ0v) is 16.7. The number of hydrogen-bond donors (Lipinski definition) is 0. The lowest BCUT2D eigenvalue weighted by molar-refractivity contribution is 0.556. The minimum absolute atomic E-state index is 0.290. The van der Waals surface area contributed by atoms with Gasteiger partial charge in [-0.15, -0.1) is 0 Å². The fourth-order valence-corrected chi connectivity index (χ4v) is 3.39. The number of unbranched alkanes of at least 4 members (excludes halogenated alkanes) is 3. The predicted molar refractivity (Wildman–Crippen MR) is 109 cm³/mol. The molecule has 0 unspecified atom stereocenters. The van der Waals surface area contributed by atoms with E-state index in [1.54, 1.807) is 0 Å². The molecule has 0 spiro atoms. The van der Waals surface area contributed by atoms with E-state index >= 15 is 0 Å². The van der Waals surface area contributed by atoms with Crippen molar-refractivity contribution in [2.24, 2.45) is 0 Å². The van der Waals surface area contributed by atoms with Crippen LogP contribution in [0.3, 0.4) is 0 Å². The van der Waals surface area contributed by atoms with Crippen LogP contribution < -0.4 is 11.2 Å². The van der Waals surface area contributed by atoms with E-state index in [9.17, 15) is 9.59 Å². The van der Waals surface area contributed by atoms with Crippen molar-refractivity contribution < 1.29 is 0 Å².